The van der Waals surface area contributed by atoms with Gasteiger partial charge in [0.2, 0.25) is 0 Å². The van der Waals surface area contributed by atoms with Crippen molar-refractivity contribution in [2.45, 2.75) is 20.0 Å². The van der Waals surface area contributed by atoms with Crippen molar-refractivity contribution in [2.24, 2.45) is 0 Å². The summed E-state index contributed by atoms with van der Waals surface area (Å²) >= 11 is 0. The van der Waals surface area contributed by atoms with E-state index in [-0.39, 0.29) is 12.4 Å². The highest BCUT2D eigenvalue weighted by Crippen LogP contribution is 2.31. The van der Waals surface area contributed by atoms with Gasteiger partial charge in [0, 0.05) is 10.9 Å². The molecule has 2 nitrogen and oxygen atoms in total. The van der Waals surface area contributed by atoms with Crippen molar-refractivity contribution < 1.29 is 10.2 Å². The van der Waals surface area contributed by atoms with Gasteiger partial charge in [0.25, 0.3) is 0 Å². The first-order chi connectivity index (χ1) is 7.27. The summed E-state index contributed by atoms with van der Waals surface area (Å²) < 4.78 is 0. The van der Waals surface area contributed by atoms with E-state index >= 15 is 0 Å². The molecular weight excluding hydrogens is 188 g/mol. The third-order valence-corrected chi connectivity index (χ3v) is 2.73. The molecule has 2 aromatic rings. The molecule has 2 N–H and O–H groups in total. The van der Waals surface area contributed by atoms with Crippen LogP contribution in [0.1, 0.15) is 18.1 Å². The molecule has 15 heavy (non-hydrogen) atoms. The van der Waals surface area contributed by atoms with E-state index in [2.05, 4.69) is 6.92 Å². The van der Waals surface area contributed by atoms with E-state index in [1.807, 2.05) is 30.3 Å². The molecule has 0 aliphatic rings. The zero-order valence-electron chi connectivity index (χ0n) is 8.70. The van der Waals surface area contributed by atoms with Crippen molar-refractivity contribution in [2.75, 3.05) is 0 Å². The fourth-order valence-corrected chi connectivity index (χ4v) is 1.91. The molecule has 0 saturated heterocycles. The Morgan fingerprint density at radius 3 is 2.33 bits per heavy atom. The van der Waals surface area contributed by atoms with E-state index in [0.717, 1.165) is 22.8 Å². The second-order valence-corrected chi connectivity index (χ2v) is 3.60. The van der Waals surface area contributed by atoms with Crippen LogP contribution in [0.25, 0.3) is 10.8 Å². The molecule has 0 bridgehead atoms. The lowest BCUT2D eigenvalue weighted by molar-refractivity contribution is 0.276. The third kappa shape index (κ3) is 1.57. The van der Waals surface area contributed by atoms with Gasteiger partial charge in [-0.3, -0.25) is 0 Å². The number of rotatable bonds is 2. The summed E-state index contributed by atoms with van der Waals surface area (Å²) in [5.41, 5.74) is 1.76. The molecule has 0 unspecified atom stereocenters. The van der Waals surface area contributed by atoms with Crippen molar-refractivity contribution >= 4 is 10.8 Å². The van der Waals surface area contributed by atoms with Gasteiger partial charge in [0.1, 0.15) is 5.75 Å². The summed E-state index contributed by atoms with van der Waals surface area (Å²) in [5, 5.41) is 20.9. The Morgan fingerprint density at radius 1 is 1.07 bits per heavy atom. The van der Waals surface area contributed by atoms with E-state index < -0.39 is 0 Å². The molecule has 2 heteroatoms. The van der Waals surface area contributed by atoms with E-state index in [1.54, 1.807) is 0 Å². The van der Waals surface area contributed by atoms with Crippen LogP contribution in [0.5, 0.6) is 5.75 Å². The van der Waals surface area contributed by atoms with Gasteiger partial charge < -0.3 is 10.2 Å². The normalized spacial score (nSPS) is 10.8. The molecule has 78 valence electrons. The SMILES string of the molecule is CCc1cc(CO)c(O)c2ccccc12. The predicted octanol–water partition coefficient (Wildman–Crippen LogP) is 2.60. The van der Waals surface area contributed by atoms with Crippen LogP contribution in [-0.2, 0) is 13.0 Å². The fourth-order valence-electron chi connectivity index (χ4n) is 1.91. The number of phenols is 1. The van der Waals surface area contributed by atoms with Crippen LogP contribution >= 0.6 is 0 Å². The lowest BCUT2D eigenvalue weighted by atomic mass is 9.98. The summed E-state index contributed by atoms with van der Waals surface area (Å²) in [7, 11) is 0. The highest BCUT2D eigenvalue weighted by Gasteiger charge is 2.08. The summed E-state index contributed by atoms with van der Waals surface area (Å²) in [4.78, 5) is 0. The molecule has 0 saturated carbocycles. The molecule has 2 rings (SSSR count). The Kier molecular flexibility index (Phi) is 2.60. The summed E-state index contributed by atoms with van der Waals surface area (Å²) in [6.45, 7) is 1.95. The summed E-state index contributed by atoms with van der Waals surface area (Å²) in [5.74, 6) is 0.199. The summed E-state index contributed by atoms with van der Waals surface area (Å²) in [6, 6.07) is 9.60. The van der Waals surface area contributed by atoms with Crippen molar-refractivity contribution in [3.05, 3.63) is 41.5 Å². The lowest BCUT2D eigenvalue weighted by Gasteiger charge is -2.10. The maximum Gasteiger partial charge on any atom is 0.128 e. The number of aromatic hydroxyl groups is 1. The standard InChI is InChI=1S/C13H14O2/c1-2-9-7-10(8-14)13(15)12-6-4-3-5-11(9)12/h3-7,14-15H,2,8H2,1H3. The minimum absolute atomic E-state index is 0.121. The number of fused-ring (bicyclic) bond motifs is 1. The minimum Gasteiger partial charge on any atom is -0.507 e. The van der Waals surface area contributed by atoms with Crippen LogP contribution in [0.15, 0.2) is 30.3 Å². The van der Waals surface area contributed by atoms with Crippen molar-refractivity contribution in [3.8, 4) is 5.75 Å². The van der Waals surface area contributed by atoms with E-state index in [0.29, 0.717) is 5.56 Å². The molecule has 0 radical (unpaired) electrons. The predicted molar refractivity (Wildman–Crippen MR) is 60.9 cm³/mol. The number of hydrogen-bond acceptors (Lipinski definition) is 2. The van der Waals surface area contributed by atoms with Gasteiger partial charge in [-0.15, -0.1) is 0 Å². The maximum absolute atomic E-state index is 9.91. The Hall–Kier alpha value is -1.54. The molecule has 0 aliphatic carbocycles. The monoisotopic (exact) mass is 202 g/mol. The Balaban J connectivity index is 2.84. The molecule has 2 aromatic carbocycles. The first kappa shape index (κ1) is 9.99. The van der Waals surface area contributed by atoms with Gasteiger partial charge in [-0.05, 0) is 23.4 Å². The molecular formula is C13H14O2. The van der Waals surface area contributed by atoms with E-state index in [4.69, 9.17) is 5.11 Å². The minimum atomic E-state index is -0.121. The van der Waals surface area contributed by atoms with Gasteiger partial charge in [-0.2, -0.15) is 0 Å². The molecule has 0 aromatic heterocycles. The number of aryl methyl sites for hydroxylation is 1. The van der Waals surface area contributed by atoms with Crippen LogP contribution in [0.4, 0.5) is 0 Å². The Bertz CT molecular complexity index is 489. The van der Waals surface area contributed by atoms with Crippen LogP contribution in [0.3, 0.4) is 0 Å². The van der Waals surface area contributed by atoms with Gasteiger partial charge in [0.05, 0.1) is 6.61 Å². The van der Waals surface area contributed by atoms with Crippen molar-refractivity contribution in [1.82, 2.24) is 0 Å². The molecule has 0 aliphatic heterocycles. The molecule has 0 spiro atoms. The first-order valence-electron chi connectivity index (χ1n) is 5.11. The molecule has 0 heterocycles. The Labute approximate surface area is 88.8 Å². The highest BCUT2D eigenvalue weighted by molar-refractivity contribution is 5.92. The zero-order valence-corrected chi connectivity index (χ0v) is 8.70. The fraction of sp³-hybridized carbons (Fsp3) is 0.231. The average molecular weight is 202 g/mol. The number of benzene rings is 2. The summed E-state index contributed by atoms with van der Waals surface area (Å²) in [6.07, 6.45) is 0.897. The molecule has 0 amide bonds. The van der Waals surface area contributed by atoms with Crippen LogP contribution in [0, 0.1) is 0 Å². The van der Waals surface area contributed by atoms with Gasteiger partial charge in [0.15, 0.2) is 0 Å². The second-order valence-electron chi connectivity index (χ2n) is 3.60. The van der Waals surface area contributed by atoms with Crippen molar-refractivity contribution in [3.63, 3.8) is 0 Å². The first-order valence-corrected chi connectivity index (χ1v) is 5.11. The quantitative estimate of drug-likeness (QED) is 0.785. The smallest absolute Gasteiger partial charge is 0.128 e. The van der Waals surface area contributed by atoms with Crippen LogP contribution in [0.2, 0.25) is 0 Å². The molecule has 0 fully saturated rings. The maximum atomic E-state index is 9.91. The van der Waals surface area contributed by atoms with E-state index in [1.165, 1.54) is 0 Å². The van der Waals surface area contributed by atoms with Gasteiger partial charge >= 0.3 is 0 Å². The van der Waals surface area contributed by atoms with E-state index in [9.17, 15) is 5.11 Å². The second kappa shape index (κ2) is 3.91. The average Bonchev–Trinajstić information content (AvgIpc) is 2.30. The zero-order chi connectivity index (χ0) is 10.8. The number of aliphatic hydroxyl groups is 1. The largest absolute Gasteiger partial charge is 0.507 e. The number of hydrogen-bond donors (Lipinski definition) is 2. The van der Waals surface area contributed by atoms with Gasteiger partial charge in [-0.25, -0.2) is 0 Å². The van der Waals surface area contributed by atoms with Crippen LogP contribution in [-0.4, -0.2) is 10.2 Å². The highest BCUT2D eigenvalue weighted by atomic mass is 16.3. The molecule has 0 atom stereocenters. The topological polar surface area (TPSA) is 40.5 Å². The Morgan fingerprint density at radius 2 is 1.73 bits per heavy atom. The van der Waals surface area contributed by atoms with Crippen LogP contribution < -0.4 is 0 Å². The van der Waals surface area contributed by atoms with Gasteiger partial charge in [-0.1, -0.05) is 31.2 Å². The van der Waals surface area contributed by atoms with Crippen molar-refractivity contribution in [1.29, 1.82) is 0 Å². The number of aliphatic hydroxyl groups excluding tert-OH is 1. The lowest BCUT2D eigenvalue weighted by Crippen LogP contribution is -1.91. The third-order valence-electron chi connectivity index (χ3n) is 2.73.